The molecule has 1 aromatic heterocycles. The molecule has 1 aliphatic heterocycles. The molecule has 4 rings (SSSR count). The lowest BCUT2D eigenvalue weighted by molar-refractivity contribution is -0.385. The standard InChI is InChI=1S/C24H19F2N3O4S/c1-2-17-9-8-16(13-21(17)29(31)32)15-28(23(30)18-5-4-11-27-14-18)20-7-3-6-19-22(20)34(33)12-10-24(19,25)26/h2-9,11,13-14H,1,10,12,15H2. The molecular formula is C24H19F2N3O4S. The van der Waals surface area contributed by atoms with Crippen LogP contribution in [-0.2, 0) is 23.3 Å². The van der Waals surface area contributed by atoms with E-state index in [-0.39, 0.29) is 39.7 Å². The van der Waals surface area contributed by atoms with Crippen LogP contribution in [0.25, 0.3) is 6.08 Å². The van der Waals surface area contributed by atoms with Crippen molar-refractivity contribution in [3.05, 3.63) is 99.9 Å². The lowest BCUT2D eigenvalue weighted by Gasteiger charge is -2.31. The quantitative estimate of drug-likeness (QED) is 0.360. The molecule has 0 aliphatic carbocycles. The molecule has 1 atom stereocenters. The highest BCUT2D eigenvalue weighted by atomic mass is 32.2. The number of hydrogen-bond donors (Lipinski definition) is 0. The van der Waals surface area contributed by atoms with Gasteiger partial charge in [0.15, 0.2) is 0 Å². The minimum atomic E-state index is -3.19. The summed E-state index contributed by atoms with van der Waals surface area (Å²) in [6.45, 7) is 3.39. The van der Waals surface area contributed by atoms with Gasteiger partial charge in [-0.05, 0) is 29.8 Å². The Morgan fingerprint density at radius 3 is 2.74 bits per heavy atom. The molecule has 10 heteroatoms. The van der Waals surface area contributed by atoms with Gasteiger partial charge in [0, 0.05) is 36.2 Å². The Morgan fingerprint density at radius 2 is 2.06 bits per heavy atom. The van der Waals surface area contributed by atoms with Crippen molar-refractivity contribution in [3.63, 3.8) is 0 Å². The molecular weight excluding hydrogens is 464 g/mol. The van der Waals surface area contributed by atoms with Crippen LogP contribution in [0.15, 0.2) is 72.4 Å². The summed E-state index contributed by atoms with van der Waals surface area (Å²) in [5.41, 5.74) is 0.362. The Labute approximate surface area is 196 Å². The number of aromatic nitrogens is 1. The normalized spacial score (nSPS) is 16.4. The van der Waals surface area contributed by atoms with Crippen molar-refractivity contribution in [3.8, 4) is 0 Å². The number of halogens is 2. The monoisotopic (exact) mass is 483 g/mol. The smallest absolute Gasteiger partial charge is 0.276 e. The van der Waals surface area contributed by atoms with E-state index >= 15 is 0 Å². The van der Waals surface area contributed by atoms with E-state index in [1.54, 1.807) is 12.1 Å². The first-order valence-corrected chi connectivity index (χ1v) is 11.6. The maximum Gasteiger partial charge on any atom is 0.276 e. The molecule has 1 amide bonds. The maximum absolute atomic E-state index is 14.7. The van der Waals surface area contributed by atoms with Gasteiger partial charge in [0.05, 0.1) is 44.0 Å². The second-order valence-electron chi connectivity index (χ2n) is 7.65. The highest BCUT2D eigenvalue weighted by Crippen LogP contribution is 2.44. The topological polar surface area (TPSA) is 93.4 Å². The van der Waals surface area contributed by atoms with Gasteiger partial charge in [-0.3, -0.25) is 24.1 Å². The Kier molecular flexibility index (Phi) is 6.34. The van der Waals surface area contributed by atoms with Gasteiger partial charge in [-0.25, -0.2) is 8.78 Å². The van der Waals surface area contributed by atoms with Crippen molar-refractivity contribution in [2.24, 2.45) is 0 Å². The Hall–Kier alpha value is -3.79. The number of nitrogens with zero attached hydrogens (tertiary/aromatic N) is 3. The number of fused-ring (bicyclic) bond motifs is 1. The van der Waals surface area contributed by atoms with Crippen LogP contribution in [0.4, 0.5) is 20.2 Å². The molecule has 174 valence electrons. The number of alkyl halides is 2. The van der Waals surface area contributed by atoms with Crippen LogP contribution in [0.1, 0.15) is 33.5 Å². The first-order chi connectivity index (χ1) is 16.2. The molecule has 7 nitrogen and oxygen atoms in total. The summed E-state index contributed by atoms with van der Waals surface area (Å²) in [5.74, 6) is -4.00. The van der Waals surface area contributed by atoms with Crippen molar-refractivity contribution in [1.82, 2.24) is 4.98 Å². The van der Waals surface area contributed by atoms with Crippen molar-refractivity contribution in [2.45, 2.75) is 23.8 Å². The van der Waals surface area contributed by atoms with Crippen LogP contribution >= 0.6 is 0 Å². The number of hydrogen-bond acceptors (Lipinski definition) is 5. The summed E-state index contributed by atoms with van der Waals surface area (Å²) >= 11 is 0. The second kappa shape index (κ2) is 9.22. The van der Waals surface area contributed by atoms with Crippen molar-refractivity contribution < 1.29 is 22.7 Å². The number of anilines is 1. The van der Waals surface area contributed by atoms with Crippen molar-refractivity contribution in [1.29, 1.82) is 0 Å². The summed E-state index contributed by atoms with van der Waals surface area (Å²) in [7, 11) is -1.75. The molecule has 1 aliphatic rings. The van der Waals surface area contributed by atoms with Crippen LogP contribution in [-0.4, -0.2) is 25.8 Å². The summed E-state index contributed by atoms with van der Waals surface area (Å²) < 4.78 is 42.2. The first kappa shape index (κ1) is 23.4. The molecule has 1 unspecified atom stereocenters. The highest BCUT2D eigenvalue weighted by molar-refractivity contribution is 7.85. The minimum absolute atomic E-state index is 0.0690. The number of rotatable bonds is 6. The van der Waals surface area contributed by atoms with Gasteiger partial charge in [0.25, 0.3) is 17.5 Å². The third-order valence-corrected chi connectivity index (χ3v) is 6.97. The van der Waals surface area contributed by atoms with Crippen LogP contribution < -0.4 is 4.90 Å². The Bertz CT molecular complexity index is 1310. The third-order valence-electron chi connectivity index (χ3n) is 5.51. The molecule has 0 N–H and O–H groups in total. The van der Waals surface area contributed by atoms with Crippen LogP contribution in [0.3, 0.4) is 0 Å². The molecule has 2 aromatic carbocycles. The molecule has 0 spiro atoms. The van der Waals surface area contributed by atoms with E-state index in [1.165, 1.54) is 59.8 Å². The van der Waals surface area contributed by atoms with E-state index < -0.39 is 34.0 Å². The zero-order valence-corrected chi connectivity index (χ0v) is 18.6. The number of amides is 1. The van der Waals surface area contributed by atoms with Gasteiger partial charge in [-0.1, -0.05) is 30.9 Å². The zero-order chi connectivity index (χ0) is 24.5. The van der Waals surface area contributed by atoms with Gasteiger partial charge in [-0.15, -0.1) is 0 Å². The third kappa shape index (κ3) is 4.36. The van der Waals surface area contributed by atoms with Gasteiger partial charge < -0.3 is 4.90 Å². The molecule has 0 fully saturated rings. The van der Waals surface area contributed by atoms with Crippen LogP contribution in [0.5, 0.6) is 0 Å². The number of benzene rings is 2. The molecule has 0 saturated heterocycles. The van der Waals surface area contributed by atoms with Crippen LogP contribution in [0, 0.1) is 10.1 Å². The lowest BCUT2D eigenvalue weighted by atomic mass is 10.0. The first-order valence-electron chi connectivity index (χ1n) is 10.2. The number of carbonyl (C=O) groups is 1. The van der Waals surface area contributed by atoms with E-state index in [2.05, 4.69) is 11.6 Å². The Balaban J connectivity index is 1.87. The fourth-order valence-corrected chi connectivity index (χ4v) is 5.35. The SMILES string of the molecule is C=Cc1ccc(CN(C(=O)c2cccnc2)c2cccc3c2S(=O)CCC3(F)F)cc1[N+](=O)[O-]. The maximum atomic E-state index is 14.7. The van der Waals surface area contributed by atoms with Crippen molar-refractivity contribution in [2.75, 3.05) is 10.7 Å². The molecule has 0 bridgehead atoms. The summed E-state index contributed by atoms with van der Waals surface area (Å²) in [6.07, 6.45) is 3.61. The largest absolute Gasteiger partial charge is 0.303 e. The van der Waals surface area contributed by atoms with E-state index in [1.807, 2.05) is 0 Å². The highest BCUT2D eigenvalue weighted by Gasteiger charge is 2.42. The van der Waals surface area contributed by atoms with Gasteiger partial charge in [-0.2, -0.15) is 0 Å². The average Bonchev–Trinajstić information content (AvgIpc) is 2.84. The van der Waals surface area contributed by atoms with Crippen LogP contribution in [0.2, 0.25) is 0 Å². The zero-order valence-electron chi connectivity index (χ0n) is 17.8. The lowest BCUT2D eigenvalue weighted by Crippen LogP contribution is -2.34. The predicted octanol–water partition coefficient (Wildman–Crippen LogP) is 5.08. The van der Waals surface area contributed by atoms with E-state index in [9.17, 15) is 27.9 Å². The summed E-state index contributed by atoms with van der Waals surface area (Å²) in [4.78, 5) is 29.5. The fourth-order valence-electron chi connectivity index (χ4n) is 3.83. The number of nitro benzene ring substituents is 1. The predicted molar refractivity (Wildman–Crippen MR) is 124 cm³/mol. The molecule has 2 heterocycles. The van der Waals surface area contributed by atoms with Gasteiger partial charge in [0.2, 0.25) is 0 Å². The minimum Gasteiger partial charge on any atom is -0.303 e. The Morgan fingerprint density at radius 1 is 1.26 bits per heavy atom. The summed E-state index contributed by atoms with van der Waals surface area (Å²) in [6, 6.07) is 11.5. The van der Waals surface area contributed by atoms with Gasteiger partial charge in [0.1, 0.15) is 0 Å². The molecule has 3 aromatic rings. The number of pyridine rings is 1. The van der Waals surface area contributed by atoms with E-state index in [4.69, 9.17) is 0 Å². The average molecular weight is 483 g/mol. The van der Waals surface area contributed by atoms with Gasteiger partial charge >= 0.3 is 0 Å². The number of nitro groups is 1. The molecule has 34 heavy (non-hydrogen) atoms. The fraction of sp³-hybridized carbons (Fsp3) is 0.167. The summed E-state index contributed by atoms with van der Waals surface area (Å²) in [5, 5.41) is 11.5. The second-order valence-corrected chi connectivity index (χ2v) is 9.15. The van der Waals surface area contributed by atoms with Crippen molar-refractivity contribution >= 4 is 34.2 Å². The molecule has 0 saturated carbocycles. The molecule has 0 radical (unpaired) electrons. The number of carbonyl (C=O) groups excluding carboxylic acids is 1. The van der Waals surface area contributed by atoms with E-state index in [0.717, 1.165) is 0 Å². The van der Waals surface area contributed by atoms with E-state index in [0.29, 0.717) is 11.1 Å².